The van der Waals surface area contributed by atoms with Crippen molar-refractivity contribution in [1.29, 1.82) is 0 Å². The first-order chi connectivity index (χ1) is 13.7. The first-order valence-corrected chi connectivity index (χ1v) is 10.4. The number of carbonyl (C=O) groups excluding carboxylic acids is 2. The molecule has 1 aliphatic carbocycles. The number of methoxy groups -OCH3 is 2. The van der Waals surface area contributed by atoms with Crippen molar-refractivity contribution in [3.63, 3.8) is 0 Å². The van der Waals surface area contributed by atoms with Crippen molar-refractivity contribution >= 4 is 11.8 Å². The molecule has 6 heteroatoms. The number of fused-ring (bicyclic) bond motifs is 1. The van der Waals surface area contributed by atoms with Crippen LogP contribution in [0.3, 0.4) is 0 Å². The molecular formula is C23H34N2O4. The summed E-state index contributed by atoms with van der Waals surface area (Å²) in [6, 6.07) is 5.95. The molecule has 2 aliphatic rings. The van der Waals surface area contributed by atoms with Crippen molar-refractivity contribution in [2.75, 3.05) is 20.8 Å². The zero-order valence-electron chi connectivity index (χ0n) is 18.5. The molecule has 1 N–H and O–H groups in total. The average Bonchev–Trinajstić information content (AvgIpc) is 3.13. The third-order valence-electron chi connectivity index (χ3n) is 6.53. The van der Waals surface area contributed by atoms with Crippen LogP contribution >= 0.6 is 0 Å². The fourth-order valence-electron chi connectivity index (χ4n) is 4.79. The Labute approximate surface area is 173 Å². The maximum absolute atomic E-state index is 12.8. The quantitative estimate of drug-likeness (QED) is 0.793. The molecule has 1 aliphatic heterocycles. The summed E-state index contributed by atoms with van der Waals surface area (Å²) < 4.78 is 10.8. The molecule has 0 unspecified atom stereocenters. The molecule has 6 nitrogen and oxygen atoms in total. The van der Waals surface area contributed by atoms with E-state index >= 15 is 0 Å². The van der Waals surface area contributed by atoms with Crippen LogP contribution < -0.4 is 14.8 Å². The Balaban J connectivity index is 1.71. The van der Waals surface area contributed by atoms with Crippen molar-refractivity contribution in [2.24, 2.45) is 23.2 Å². The summed E-state index contributed by atoms with van der Waals surface area (Å²) in [6.45, 7) is 9.19. The lowest BCUT2D eigenvalue weighted by atomic mass is 9.87. The number of nitrogens with one attached hydrogen (secondary N) is 1. The molecule has 1 aromatic rings. The maximum Gasteiger partial charge on any atom is 0.225 e. The van der Waals surface area contributed by atoms with Gasteiger partial charge in [0, 0.05) is 42.6 Å². The van der Waals surface area contributed by atoms with Crippen LogP contribution in [-0.4, -0.2) is 43.5 Å². The summed E-state index contributed by atoms with van der Waals surface area (Å²) in [5, 5.41) is 3.12. The Morgan fingerprint density at radius 3 is 2.59 bits per heavy atom. The van der Waals surface area contributed by atoms with Gasteiger partial charge in [0.2, 0.25) is 11.8 Å². The van der Waals surface area contributed by atoms with Crippen molar-refractivity contribution < 1.29 is 19.1 Å². The summed E-state index contributed by atoms with van der Waals surface area (Å²) in [4.78, 5) is 27.1. The van der Waals surface area contributed by atoms with E-state index in [0.29, 0.717) is 37.3 Å². The molecular weight excluding hydrogens is 368 g/mol. The molecule has 160 valence electrons. The molecule has 1 aromatic carbocycles. The van der Waals surface area contributed by atoms with Crippen LogP contribution in [0.4, 0.5) is 0 Å². The van der Waals surface area contributed by atoms with Gasteiger partial charge in [-0.1, -0.05) is 27.7 Å². The fourth-order valence-corrected chi connectivity index (χ4v) is 4.79. The highest BCUT2D eigenvalue weighted by molar-refractivity contribution is 5.81. The van der Waals surface area contributed by atoms with E-state index in [1.54, 1.807) is 14.2 Å². The fraction of sp³-hybridized carbons (Fsp3) is 0.652. The van der Waals surface area contributed by atoms with Crippen molar-refractivity contribution in [3.05, 3.63) is 23.8 Å². The topological polar surface area (TPSA) is 67.9 Å². The molecule has 2 fully saturated rings. The number of benzene rings is 1. The third kappa shape index (κ3) is 4.36. The van der Waals surface area contributed by atoms with Gasteiger partial charge >= 0.3 is 0 Å². The van der Waals surface area contributed by atoms with Gasteiger partial charge in [-0.05, 0) is 36.3 Å². The highest BCUT2D eigenvalue weighted by Gasteiger charge is 2.50. The van der Waals surface area contributed by atoms with Crippen LogP contribution in [0.5, 0.6) is 11.5 Å². The number of hydrogen-bond donors (Lipinski definition) is 1. The van der Waals surface area contributed by atoms with E-state index < -0.39 is 5.41 Å². The minimum atomic E-state index is -0.399. The minimum Gasteiger partial charge on any atom is -0.497 e. The molecule has 29 heavy (non-hydrogen) atoms. The molecule has 0 bridgehead atoms. The van der Waals surface area contributed by atoms with Gasteiger partial charge in [-0.25, -0.2) is 0 Å². The molecule has 0 radical (unpaired) electrons. The van der Waals surface area contributed by atoms with E-state index in [-0.39, 0.29) is 17.9 Å². The minimum absolute atomic E-state index is 0.0669. The van der Waals surface area contributed by atoms with Crippen LogP contribution in [0.1, 0.15) is 46.1 Å². The van der Waals surface area contributed by atoms with E-state index in [1.165, 1.54) is 0 Å². The summed E-state index contributed by atoms with van der Waals surface area (Å²) >= 11 is 0. The first kappa shape index (κ1) is 21.5. The van der Waals surface area contributed by atoms with Gasteiger partial charge in [-0.2, -0.15) is 0 Å². The Morgan fingerprint density at radius 1 is 1.24 bits per heavy atom. The van der Waals surface area contributed by atoms with Crippen LogP contribution in [0.15, 0.2) is 18.2 Å². The SMILES string of the molecule is COc1ccc(CN2C(=O)C[C@H]3[C@H](CNC(=O)C(C)(C)C)[C@@H](C)C[C@H]32)c(OC)c1. The smallest absolute Gasteiger partial charge is 0.225 e. The second-order valence-corrected chi connectivity index (χ2v) is 9.47. The average molecular weight is 403 g/mol. The van der Waals surface area contributed by atoms with Crippen molar-refractivity contribution in [3.8, 4) is 11.5 Å². The van der Waals surface area contributed by atoms with Gasteiger partial charge in [0.15, 0.2) is 0 Å². The highest BCUT2D eigenvalue weighted by Crippen LogP contribution is 2.46. The normalized spacial score (nSPS) is 26.4. The Morgan fingerprint density at radius 2 is 1.97 bits per heavy atom. The monoisotopic (exact) mass is 402 g/mol. The summed E-state index contributed by atoms with van der Waals surface area (Å²) in [6.07, 6.45) is 1.54. The largest absolute Gasteiger partial charge is 0.497 e. The van der Waals surface area contributed by atoms with Crippen LogP contribution in [-0.2, 0) is 16.1 Å². The molecule has 2 amide bonds. The second-order valence-electron chi connectivity index (χ2n) is 9.47. The van der Waals surface area contributed by atoms with Crippen LogP contribution in [0, 0.1) is 23.2 Å². The maximum atomic E-state index is 12.8. The predicted octanol–water partition coefficient (Wildman–Crippen LogP) is 3.24. The first-order valence-electron chi connectivity index (χ1n) is 10.4. The van der Waals surface area contributed by atoms with E-state index in [1.807, 2.05) is 43.9 Å². The van der Waals surface area contributed by atoms with Crippen molar-refractivity contribution in [2.45, 2.75) is 53.1 Å². The standard InChI is InChI=1S/C23H34N2O4/c1-14-9-19-17(18(14)12-24-22(27)23(2,3)4)11-21(26)25(19)13-15-7-8-16(28-5)10-20(15)29-6/h7-8,10,14,17-19H,9,11-13H2,1-6H3,(H,24,27)/t14-,17-,18+,19+/m0/s1. The lowest BCUT2D eigenvalue weighted by molar-refractivity contribution is -0.129. The van der Waals surface area contributed by atoms with Gasteiger partial charge in [-0.3, -0.25) is 9.59 Å². The van der Waals surface area contributed by atoms with Gasteiger partial charge in [0.05, 0.1) is 14.2 Å². The number of likely N-dealkylation sites (tertiary alicyclic amines) is 1. The molecule has 3 rings (SSSR count). The molecule has 1 heterocycles. The second kappa shape index (κ2) is 8.25. The van der Waals surface area contributed by atoms with Gasteiger partial charge in [0.1, 0.15) is 11.5 Å². The number of ether oxygens (including phenoxy) is 2. The summed E-state index contributed by atoms with van der Waals surface area (Å²) in [5.74, 6) is 2.83. The number of amides is 2. The third-order valence-corrected chi connectivity index (χ3v) is 6.53. The van der Waals surface area contributed by atoms with Gasteiger partial charge in [-0.15, -0.1) is 0 Å². The van der Waals surface area contributed by atoms with E-state index in [9.17, 15) is 9.59 Å². The lowest BCUT2D eigenvalue weighted by Crippen LogP contribution is -2.39. The molecule has 1 saturated heterocycles. The summed E-state index contributed by atoms with van der Waals surface area (Å²) in [5.41, 5.74) is 0.586. The van der Waals surface area contributed by atoms with Gasteiger partial charge in [0.25, 0.3) is 0 Å². The zero-order chi connectivity index (χ0) is 21.3. The molecule has 1 saturated carbocycles. The number of hydrogen-bond acceptors (Lipinski definition) is 4. The summed E-state index contributed by atoms with van der Waals surface area (Å²) in [7, 11) is 3.26. The molecule has 0 aromatic heterocycles. The lowest BCUT2D eigenvalue weighted by Gasteiger charge is -2.26. The van der Waals surface area contributed by atoms with E-state index in [2.05, 4.69) is 12.2 Å². The molecule has 4 atom stereocenters. The zero-order valence-corrected chi connectivity index (χ0v) is 18.5. The Hall–Kier alpha value is -2.24. The molecule has 0 spiro atoms. The highest BCUT2D eigenvalue weighted by atomic mass is 16.5. The predicted molar refractivity (Wildman–Crippen MR) is 112 cm³/mol. The van der Waals surface area contributed by atoms with E-state index in [0.717, 1.165) is 23.5 Å². The van der Waals surface area contributed by atoms with Crippen LogP contribution in [0.25, 0.3) is 0 Å². The Kier molecular flexibility index (Phi) is 6.11. The van der Waals surface area contributed by atoms with Crippen LogP contribution in [0.2, 0.25) is 0 Å². The number of rotatable bonds is 6. The van der Waals surface area contributed by atoms with Gasteiger partial charge < -0.3 is 19.7 Å². The van der Waals surface area contributed by atoms with Crippen molar-refractivity contribution in [1.82, 2.24) is 10.2 Å². The number of nitrogens with zero attached hydrogens (tertiary/aromatic N) is 1. The Bertz CT molecular complexity index is 771. The van der Waals surface area contributed by atoms with E-state index in [4.69, 9.17) is 9.47 Å². The number of carbonyl (C=O) groups is 2.